The van der Waals surface area contributed by atoms with E-state index in [1.807, 2.05) is 0 Å². The van der Waals surface area contributed by atoms with Crippen LogP contribution in [0.3, 0.4) is 0 Å². The molecule has 1 aromatic rings. The molecule has 2 aliphatic heterocycles. The molecule has 3 N–H and O–H groups in total. The summed E-state index contributed by atoms with van der Waals surface area (Å²) in [6.45, 7) is 4.76. The fourth-order valence-electron chi connectivity index (χ4n) is 3.64. The molecule has 1 amide bonds. The fraction of sp³-hybridized carbons (Fsp3) is 0.550. The summed E-state index contributed by atoms with van der Waals surface area (Å²) in [4.78, 5) is 27.6. The molecular weight excluding hydrogens is 376 g/mol. The van der Waals surface area contributed by atoms with Gasteiger partial charge in [0.05, 0.1) is 19.3 Å². The number of ether oxygens (including phenoxy) is 3. The van der Waals surface area contributed by atoms with Crippen LogP contribution in [-0.2, 0) is 19.0 Å². The van der Waals surface area contributed by atoms with E-state index in [0.717, 1.165) is 25.1 Å². The van der Waals surface area contributed by atoms with E-state index in [-0.39, 0.29) is 36.7 Å². The molecule has 2 atom stereocenters. The lowest BCUT2D eigenvalue weighted by molar-refractivity contribution is -0.151. The number of nitrogens with zero attached hydrogens (tertiary/aromatic N) is 2. The lowest BCUT2D eigenvalue weighted by Crippen LogP contribution is -2.44. The second-order valence-electron chi connectivity index (χ2n) is 7.22. The Hall–Kier alpha value is -2.65. The van der Waals surface area contributed by atoms with Crippen molar-refractivity contribution in [3.8, 4) is 0 Å². The molecule has 0 aromatic heterocycles. The Morgan fingerprint density at radius 3 is 2.76 bits per heavy atom. The summed E-state index contributed by atoms with van der Waals surface area (Å²) in [6, 6.07) is 6.96. The molecule has 1 aromatic carbocycles. The Bertz CT molecular complexity index is 739. The molecule has 3 rings (SSSR count). The molecule has 2 heterocycles. The van der Waals surface area contributed by atoms with E-state index >= 15 is 0 Å². The number of amidine groups is 1. The number of nitrogen functional groups attached to an aromatic ring is 1. The number of rotatable bonds is 8. The van der Waals surface area contributed by atoms with Gasteiger partial charge in [0.15, 0.2) is 0 Å². The van der Waals surface area contributed by atoms with E-state index in [9.17, 15) is 9.59 Å². The molecule has 29 heavy (non-hydrogen) atoms. The van der Waals surface area contributed by atoms with Gasteiger partial charge in [-0.15, -0.1) is 0 Å². The molecule has 0 aliphatic carbocycles. The van der Waals surface area contributed by atoms with E-state index in [2.05, 4.69) is 4.90 Å². The van der Waals surface area contributed by atoms with Crippen LogP contribution in [-0.4, -0.2) is 74.4 Å². The van der Waals surface area contributed by atoms with Crippen LogP contribution in [0.25, 0.3) is 0 Å². The number of hydrogen-bond donors (Lipinski definition) is 2. The Kier molecular flexibility index (Phi) is 7.05. The van der Waals surface area contributed by atoms with Crippen LogP contribution < -0.4 is 10.6 Å². The number of nitrogens with one attached hydrogen (secondary N) is 1. The van der Waals surface area contributed by atoms with E-state index < -0.39 is 0 Å². The van der Waals surface area contributed by atoms with E-state index in [1.165, 1.54) is 0 Å². The largest absolute Gasteiger partial charge is 0.464 e. The smallest absolute Gasteiger partial charge is 0.414 e. The number of hydrogen-bond acceptors (Lipinski definition) is 7. The summed E-state index contributed by atoms with van der Waals surface area (Å²) in [5, 5.41) is 7.45. The molecule has 9 nitrogen and oxygen atoms in total. The molecule has 0 bridgehead atoms. The average molecular weight is 404 g/mol. The van der Waals surface area contributed by atoms with Crippen LogP contribution in [0.1, 0.15) is 25.3 Å². The number of benzene rings is 1. The number of nitrogens with two attached hydrogens (primary N) is 1. The summed E-state index contributed by atoms with van der Waals surface area (Å²) < 4.78 is 16.1. The van der Waals surface area contributed by atoms with Gasteiger partial charge in [-0.05, 0) is 50.6 Å². The molecule has 9 heteroatoms. The molecular formula is C20H28N4O5. The van der Waals surface area contributed by atoms with Gasteiger partial charge in [0, 0.05) is 24.3 Å². The highest BCUT2D eigenvalue weighted by atomic mass is 16.6. The highest BCUT2D eigenvalue weighted by Gasteiger charge is 2.34. The number of carbonyl (C=O) groups excluding carboxylic acids is 2. The topological polar surface area (TPSA) is 118 Å². The predicted molar refractivity (Wildman–Crippen MR) is 107 cm³/mol. The molecule has 2 unspecified atom stereocenters. The van der Waals surface area contributed by atoms with Crippen molar-refractivity contribution in [3.05, 3.63) is 29.8 Å². The van der Waals surface area contributed by atoms with Crippen LogP contribution in [0.4, 0.5) is 10.5 Å². The lowest BCUT2D eigenvalue weighted by atomic mass is 10.1. The number of likely N-dealkylation sites (tertiary alicyclic amines) is 1. The number of carbonyl (C=O) groups is 2. The maximum absolute atomic E-state index is 12.3. The average Bonchev–Trinajstić information content (AvgIpc) is 3.07. The summed E-state index contributed by atoms with van der Waals surface area (Å²) in [7, 11) is 0. The van der Waals surface area contributed by atoms with Crippen molar-refractivity contribution in [2.24, 2.45) is 5.73 Å². The predicted octanol–water partition coefficient (Wildman–Crippen LogP) is 1.34. The summed E-state index contributed by atoms with van der Waals surface area (Å²) in [6.07, 6.45) is 1.22. The van der Waals surface area contributed by atoms with Gasteiger partial charge in [0.2, 0.25) is 0 Å². The first-order valence-corrected chi connectivity index (χ1v) is 9.88. The Labute approximate surface area is 170 Å². The van der Waals surface area contributed by atoms with E-state index in [4.69, 9.17) is 25.4 Å². The Morgan fingerprint density at radius 1 is 1.31 bits per heavy atom. The second kappa shape index (κ2) is 9.71. The van der Waals surface area contributed by atoms with Crippen molar-refractivity contribution in [3.63, 3.8) is 0 Å². The molecule has 2 saturated heterocycles. The summed E-state index contributed by atoms with van der Waals surface area (Å²) in [5.41, 5.74) is 6.80. The third kappa shape index (κ3) is 5.68. The molecule has 0 saturated carbocycles. The number of amides is 1. The third-order valence-corrected chi connectivity index (χ3v) is 5.03. The van der Waals surface area contributed by atoms with Gasteiger partial charge >= 0.3 is 12.1 Å². The van der Waals surface area contributed by atoms with Gasteiger partial charge in [-0.1, -0.05) is 0 Å². The zero-order valence-electron chi connectivity index (χ0n) is 16.6. The SMILES string of the molecule is CCOC(=O)COC1CCCN(CC2CN(c3ccc(C(=N)N)cc3)C(=O)O2)C1. The number of cyclic esters (lactones) is 1. The number of piperidine rings is 1. The zero-order valence-corrected chi connectivity index (χ0v) is 16.6. The van der Waals surface area contributed by atoms with Gasteiger partial charge in [-0.25, -0.2) is 9.59 Å². The minimum atomic E-state index is -0.377. The Morgan fingerprint density at radius 2 is 2.07 bits per heavy atom. The molecule has 2 aliphatic rings. The lowest BCUT2D eigenvalue weighted by Gasteiger charge is -2.33. The van der Waals surface area contributed by atoms with Crippen LogP contribution in [0.5, 0.6) is 0 Å². The first-order chi connectivity index (χ1) is 14.0. The van der Waals surface area contributed by atoms with Crippen molar-refractivity contribution < 1.29 is 23.8 Å². The van der Waals surface area contributed by atoms with Crippen molar-refractivity contribution in [2.45, 2.75) is 32.0 Å². The highest BCUT2D eigenvalue weighted by molar-refractivity contribution is 5.96. The first-order valence-electron chi connectivity index (χ1n) is 9.88. The second-order valence-corrected chi connectivity index (χ2v) is 7.22. The molecule has 0 radical (unpaired) electrons. The number of esters is 1. The zero-order chi connectivity index (χ0) is 20.8. The maximum atomic E-state index is 12.3. The van der Waals surface area contributed by atoms with Crippen LogP contribution in [0.15, 0.2) is 24.3 Å². The van der Waals surface area contributed by atoms with Gasteiger partial charge in [-0.2, -0.15) is 0 Å². The quantitative estimate of drug-likeness (QED) is 0.381. The van der Waals surface area contributed by atoms with Gasteiger partial charge < -0.3 is 19.9 Å². The third-order valence-electron chi connectivity index (χ3n) is 5.03. The minimum absolute atomic E-state index is 0.0109. The van der Waals surface area contributed by atoms with Crippen LogP contribution >= 0.6 is 0 Å². The Balaban J connectivity index is 1.50. The number of anilines is 1. The van der Waals surface area contributed by atoms with E-state index in [1.54, 1.807) is 36.1 Å². The monoisotopic (exact) mass is 404 g/mol. The van der Waals surface area contributed by atoms with Crippen LogP contribution in [0.2, 0.25) is 0 Å². The summed E-state index contributed by atoms with van der Waals surface area (Å²) >= 11 is 0. The highest BCUT2D eigenvalue weighted by Crippen LogP contribution is 2.23. The molecule has 2 fully saturated rings. The summed E-state index contributed by atoms with van der Waals surface area (Å²) in [5.74, 6) is -0.357. The van der Waals surface area contributed by atoms with Crippen molar-refractivity contribution in [1.29, 1.82) is 5.41 Å². The molecule has 0 spiro atoms. The van der Waals surface area contributed by atoms with Crippen LogP contribution in [0, 0.1) is 5.41 Å². The van der Waals surface area contributed by atoms with Gasteiger partial charge in [0.1, 0.15) is 18.5 Å². The normalized spacial score (nSPS) is 22.4. The molecule has 158 valence electrons. The van der Waals surface area contributed by atoms with Gasteiger partial charge in [0.25, 0.3) is 0 Å². The standard InChI is InChI=1S/C20H28N4O5/c1-2-27-18(25)13-28-16-4-3-9-23(10-16)11-17-12-24(20(26)29-17)15-7-5-14(6-8-15)19(21)22/h5-8,16-17H,2-4,9-13H2,1H3,(H3,21,22). The van der Waals surface area contributed by atoms with Gasteiger partial charge in [-0.3, -0.25) is 15.2 Å². The van der Waals surface area contributed by atoms with Crippen molar-refractivity contribution in [1.82, 2.24) is 4.90 Å². The van der Waals surface area contributed by atoms with E-state index in [0.29, 0.717) is 31.8 Å². The fourth-order valence-corrected chi connectivity index (χ4v) is 3.64. The minimum Gasteiger partial charge on any atom is -0.464 e. The maximum Gasteiger partial charge on any atom is 0.414 e. The van der Waals surface area contributed by atoms with Crippen molar-refractivity contribution in [2.75, 3.05) is 44.3 Å². The first kappa shape index (κ1) is 21.1. The van der Waals surface area contributed by atoms with Crippen molar-refractivity contribution >= 4 is 23.6 Å².